The summed E-state index contributed by atoms with van der Waals surface area (Å²) >= 11 is 0. The minimum atomic E-state index is -0.204. The number of fused-ring (bicyclic) bond motifs is 5. The highest BCUT2D eigenvalue weighted by Crippen LogP contribution is 2.46. The number of para-hydroxylation sites is 1. The van der Waals surface area contributed by atoms with Crippen molar-refractivity contribution in [2.45, 2.75) is 49.6 Å². The van der Waals surface area contributed by atoms with E-state index in [-0.39, 0.29) is 11.1 Å². The smallest absolute Gasteiger partial charge is 0.154 e. The van der Waals surface area contributed by atoms with Gasteiger partial charge >= 0.3 is 0 Å². The van der Waals surface area contributed by atoms with Crippen molar-refractivity contribution in [2.75, 3.05) is 5.32 Å². The Morgan fingerprint density at radius 2 is 1.32 bits per heavy atom. The molecule has 0 amide bonds. The maximum absolute atomic E-state index is 6.68. The Morgan fingerprint density at radius 1 is 0.700 bits per heavy atom. The number of rotatable bonds is 4. The zero-order valence-electron chi connectivity index (χ0n) is 22.4. The first-order chi connectivity index (χ1) is 19.5. The zero-order valence-corrected chi connectivity index (χ0v) is 22.4. The van der Waals surface area contributed by atoms with Crippen LogP contribution < -0.4 is 16.8 Å². The van der Waals surface area contributed by atoms with Crippen LogP contribution in [-0.2, 0) is 11.1 Å². The molecule has 0 bridgehead atoms. The van der Waals surface area contributed by atoms with E-state index in [9.17, 15) is 0 Å². The van der Waals surface area contributed by atoms with Crippen molar-refractivity contribution in [3.05, 3.63) is 102 Å². The number of nitrogens with two attached hydrogens (primary N) is 2. The first-order valence-corrected chi connectivity index (χ1v) is 14.3. The lowest BCUT2D eigenvalue weighted by molar-refractivity contribution is 0.253. The fourth-order valence-electron chi connectivity index (χ4n) is 6.50. The highest BCUT2D eigenvalue weighted by molar-refractivity contribution is 5.90. The summed E-state index contributed by atoms with van der Waals surface area (Å²) < 4.78 is 2.26. The summed E-state index contributed by atoms with van der Waals surface area (Å²) in [5.74, 6) is 1.69. The molecule has 2 aromatic heterocycles. The van der Waals surface area contributed by atoms with Crippen LogP contribution in [0.3, 0.4) is 0 Å². The van der Waals surface area contributed by atoms with Gasteiger partial charge in [-0.1, -0.05) is 60.7 Å². The highest BCUT2D eigenvalue weighted by Gasteiger charge is 2.36. The van der Waals surface area contributed by atoms with E-state index in [4.69, 9.17) is 21.4 Å². The van der Waals surface area contributed by atoms with Gasteiger partial charge in [-0.2, -0.15) is 0 Å². The maximum atomic E-state index is 6.68. The average Bonchev–Trinajstić information content (AvgIpc) is 3.29. The molecule has 3 heterocycles. The van der Waals surface area contributed by atoms with Gasteiger partial charge in [-0.25, -0.2) is 9.97 Å². The predicted molar refractivity (Wildman–Crippen MR) is 160 cm³/mol. The molecule has 0 spiro atoms. The molecule has 0 unspecified atom stereocenters. The number of benzene rings is 3. The number of aromatic nitrogens is 3. The molecule has 5 aromatic rings. The van der Waals surface area contributed by atoms with Crippen molar-refractivity contribution in [3.63, 3.8) is 0 Å². The molecular formula is C34H32N6. The molecule has 2 saturated carbocycles. The van der Waals surface area contributed by atoms with Crippen LogP contribution in [0.25, 0.3) is 39.6 Å². The molecule has 40 heavy (non-hydrogen) atoms. The summed E-state index contributed by atoms with van der Waals surface area (Å²) in [5.41, 5.74) is 22.5. The molecule has 5 N–H and O–H groups in total. The van der Waals surface area contributed by atoms with E-state index < -0.39 is 0 Å². The van der Waals surface area contributed by atoms with Gasteiger partial charge in [-0.3, -0.25) is 4.57 Å². The van der Waals surface area contributed by atoms with Crippen LogP contribution in [0.5, 0.6) is 0 Å². The normalized spacial score (nSPS) is 17.8. The first-order valence-electron chi connectivity index (χ1n) is 14.3. The summed E-state index contributed by atoms with van der Waals surface area (Å²) in [6.45, 7) is 0. The number of nitrogens with one attached hydrogen (secondary N) is 1. The van der Waals surface area contributed by atoms with Crippen LogP contribution in [0.2, 0.25) is 0 Å². The third kappa shape index (κ3) is 3.49. The van der Waals surface area contributed by atoms with Gasteiger partial charge in [0, 0.05) is 34.0 Å². The van der Waals surface area contributed by atoms with Gasteiger partial charge in [-0.15, -0.1) is 0 Å². The van der Waals surface area contributed by atoms with E-state index in [0.29, 0.717) is 0 Å². The van der Waals surface area contributed by atoms with E-state index in [1.165, 1.54) is 24.0 Å². The van der Waals surface area contributed by atoms with E-state index in [1.807, 2.05) is 18.3 Å². The third-order valence-electron chi connectivity index (χ3n) is 9.28. The lowest BCUT2D eigenvalue weighted by Gasteiger charge is -2.38. The van der Waals surface area contributed by atoms with Gasteiger partial charge in [0.15, 0.2) is 5.82 Å². The van der Waals surface area contributed by atoms with Crippen LogP contribution in [-0.4, -0.2) is 14.5 Å². The average molecular weight is 525 g/mol. The highest BCUT2D eigenvalue weighted by atomic mass is 15.2. The van der Waals surface area contributed by atoms with Crippen molar-refractivity contribution in [1.82, 2.24) is 14.5 Å². The molecular weight excluding hydrogens is 492 g/mol. The quantitative estimate of drug-likeness (QED) is 0.231. The van der Waals surface area contributed by atoms with Gasteiger partial charge < -0.3 is 16.8 Å². The van der Waals surface area contributed by atoms with E-state index in [2.05, 4.69) is 82.7 Å². The molecule has 198 valence electrons. The fourth-order valence-corrected chi connectivity index (χ4v) is 6.50. The molecule has 8 rings (SSSR count). The molecule has 1 aliphatic heterocycles. The van der Waals surface area contributed by atoms with Crippen molar-refractivity contribution in [1.29, 1.82) is 0 Å². The number of hydrogen-bond donors (Lipinski definition) is 3. The SMILES string of the molecule is NC1(c2ccc(-c3nc4n(c3-c3ccc(C5(N)CCC5)cc3)-c3cccnc3Nc3ccccc3-4)cc2)CCC1. The van der Waals surface area contributed by atoms with E-state index >= 15 is 0 Å². The summed E-state index contributed by atoms with van der Waals surface area (Å²) in [6.07, 6.45) is 8.36. The molecule has 0 radical (unpaired) electrons. The number of anilines is 2. The van der Waals surface area contributed by atoms with E-state index in [1.54, 1.807) is 0 Å². The second-order valence-electron chi connectivity index (χ2n) is 11.7. The van der Waals surface area contributed by atoms with Crippen LogP contribution in [0.15, 0.2) is 91.1 Å². The zero-order chi connectivity index (χ0) is 26.9. The molecule has 6 heteroatoms. The lowest BCUT2D eigenvalue weighted by Crippen LogP contribution is -2.43. The minimum Gasteiger partial charge on any atom is -0.338 e. The van der Waals surface area contributed by atoms with Crippen molar-refractivity contribution in [2.24, 2.45) is 11.5 Å². The van der Waals surface area contributed by atoms with Gasteiger partial charge in [0.05, 0.1) is 22.8 Å². The Kier molecular flexibility index (Phi) is 5.09. The molecule has 6 nitrogen and oxygen atoms in total. The Hall–Kier alpha value is -4.26. The molecule has 3 aliphatic rings. The Bertz CT molecular complexity index is 1740. The summed E-state index contributed by atoms with van der Waals surface area (Å²) in [4.78, 5) is 10.1. The second kappa shape index (κ2) is 8.62. The number of pyridine rings is 1. The minimum absolute atomic E-state index is 0.197. The monoisotopic (exact) mass is 524 g/mol. The maximum Gasteiger partial charge on any atom is 0.154 e. The van der Waals surface area contributed by atoms with Crippen LogP contribution in [0.4, 0.5) is 11.5 Å². The molecule has 0 atom stereocenters. The number of nitrogens with zero attached hydrogens (tertiary/aromatic N) is 3. The van der Waals surface area contributed by atoms with Crippen LogP contribution in [0, 0.1) is 0 Å². The van der Waals surface area contributed by atoms with E-state index in [0.717, 1.165) is 76.8 Å². The summed E-state index contributed by atoms with van der Waals surface area (Å²) in [5, 5.41) is 3.55. The van der Waals surface area contributed by atoms with Crippen molar-refractivity contribution in [3.8, 4) is 39.6 Å². The summed E-state index contributed by atoms with van der Waals surface area (Å²) in [6, 6.07) is 29.9. The molecule has 2 fully saturated rings. The first kappa shape index (κ1) is 23.6. The lowest BCUT2D eigenvalue weighted by atomic mass is 9.72. The predicted octanol–water partition coefficient (Wildman–Crippen LogP) is 7.00. The van der Waals surface area contributed by atoms with Crippen LogP contribution in [0.1, 0.15) is 49.7 Å². The van der Waals surface area contributed by atoms with Crippen molar-refractivity contribution < 1.29 is 0 Å². The standard InChI is InChI=1S/C34H32N6/c35-33(17-4-18-33)24-13-9-22(10-14-24)29-30(23-11-15-25(16-12-23)34(36)19-5-20-34)40-28-8-3-21-37-31(28)38-27-7-2-1-6-26(27)32(40)39-29/h1-3,6-16,21H,4-5,17-20,35-36H2,(H,37,38). The van der Waals surface area contributed by atoms with Crippen molar-refractivity contribution >= 4 is 11.5 Å². The largest absolute Gasteiger partial charge is 0.338 e. The Labute approximate surface area is 234 Å². The number of imidazole rings is 1. The van der Waals surface area contributed by atoms with Gasteiger partial charge in [0.25, 0.3) is 0 Å². The Balaban J connectivity index is 1.37. The summed E-state index contributed by atoms with van der Waals surface area (Å²) in [7, 11) is 0. The topological polar surface area (TPSA) is 94.8 Å². The molecule has 2 aliphatic carbocycles. The molecule has 3 aromatic carbocycles. The third-order valence-corrected chi connectivity index (χ3v) is 9.28. The second-order valence-corrected chi connectivity index (χ2v) is 11.7. The fraction of sp³-hybridized carbons (Fsp3) is 0.235. The van der Waals surface area contributed by atoms with Gasteiger partial charge in [-0.05, 0) is 73.9 Å². The van der Waals surface area contributed by atoms with Crippen LogP contribution >= 0.6 is 0 Å². The Morgan fingerprint density at radius 3 is 1.95 bits per heavy atom. The number of hydrogen-bond acceptors (Lipinski definition) is 5. The van der Waals surface area contributed by atoms with Gasteiger partial charge in [0.1, 0.15) is 5.82 Å². The van der Waals surface area contributed by atoms with Gasteiger partial charge in [0.2, 0.25) is 0 Å². The molecule has 0 saturated heterocycles.